The lowest BCUT2D eigenvalue weighted by Crippen LogP contribution is -2.08. The lowest BCUT2D eigenvalue weighted by atomic mass is 10.2. The Hall–Kier alpha value is 0.430. The van der Waals surface area contributed by atoms with Crippen LogP contribution in [0.25, 0.3) is 0 Å². The molecule has 1 fully saturated rings. The fraction of sp³-hybridized carbons (Fsp3) is 1.00. The second-order valence-electron chi connectivity index (χ2n) is 3.99. The van der Waals surface area contributed by atoms with Crippen molar-refractivity contribution in [1.82, 2.24) is 0 Å². The Morgan fingerprint density at radius 3 is 2.08 bits per heavy atom. The zero-order valence-corrected chi connectivity index (χ0v) is 9.58. The van der Waals surface area contributed by atoms with Gasteiger partial charge in [-0.2, -0.15) is 0 Å². The third-order valence-corrected chi connectivity index (χ3v) is 7.97. The first-order valence-electron chi connectivity index (χ1n) is 6.11. The second kappa shape index (κ2) is 5.22. The van der Waals surface area contributed by atoms with E-state index in [1.165, 1.54) is 44.2 Å². The Morgan fingerprint density at radius 2 is 1.67 bits per heavy atom. The minimum Gasteiger partial charge on any atom is -0.0619 e. The monoisotopic (exact) mass is 188 g/mol. The molecule has 0 bridgehead atoms. The molecule has 0 nitrogen and oxygen atoms in total. The normalized spacial score (nSPS) is 27.3. The van der Waals surface area contributed by atoms with E-state index in [0.29, 0.717) is 6.14 Å². The smallest absolute Gasteiger partial charge is 0.0619 e. The van der Waals surface area contributed by atoms with Crippen molar-refractivity contribution in [3.05, 3.63) is 0 Å². The average molecular weight is 188 g/mol. The van der Waals surface area contributed by atoms with E-state index in [0.717, 1.165) is 6.42 Å². The summed E-state index contributed by atoms with van der Waals surface area (Å²) in [4.78, 5) is 0. The maximum absolute atomic E-state index is 8.21. The van der Waals surface area contributed by atoms with E-state index in [4.69, 9.17) is 1.37 Å². The zero-order chi connectivity index (χ0) is 9.73. The Kier molecular flexibility index (Phi) is 3.92. The van der Waals surface area contributed by atoms with E-state index >= 15 is 0 Å². The van der Waals surface area contributed by atoms with Crippen LogP contribution in [0, 0.1) is 0 Å². The molecule has 1 heteroatoms. The van der Waals surface area contributed by atoms with Crippen LogP contribution in [0.5, 0.6) is 0 Å². The fourth-order valence-corrected chi connectivity index (χ4v) is 6.29. The summed E-state index contributed by atoms with van der Waals surface area (Å²) in [7, 11) is -0.839. The van der Waals surface area contributed by atoms with E-state index in [-0.39, 0.29) is 0 Å². The quantitative estimate of drug-likeness (QED) is 0.587. The largest absolute Gasteiger partial charge is 0.0708 e. The fourth-order valence-electron chi connectivity index (χ4n) is 2.33. The summed E-state index contributed by atoms with van der Waals surface area (Å²) in [5, 5.41) is 0. The molecule has 72 valence electrons. The molecule has 12 heavy (non-hydrogen) atoms. The van der Waals surface area contributed by atoms with Crippen molar-refractivity contribution in [2.24, 2.45) is 0 Å². The van der Waals surface area contributed by atoms with Gasteiger partial charge in [-0.15, -0.1) is 0 Å². The lowest BCUT2D eigenvalue weighted by Gasteiger charge is -2.24. The highest BCUT2D eigenvalue weighted by molar-refractivity contribution is 7.75. The van der Waals surface area contributed by atoms with E-state index in [1.807, 2.05) is 0 Å². The molecule has 0 N–H and O–H groups in total. The first kappa shape index (κ1) is 9.00. The van der Waals surface area contributed by atoms with Crippen LogP contribution in [0.1, 0.15) is 47.3 Å². The molecule has 0 aromatic rings. The van der Waals surface area contributed by atoms with Gasteiger partial charge in [-0.05, 0) is 39.0 Å². The van der Waals surface area contributed by atoms with E-state index < -0.39 is 7.26 Å². The van der Waals surface area contributed by atoms with Gasteiger partial charge in [-0.3, -0.25) is 0 Å². The van der Waals surface area contributed by atoms with Crippen molar-refractivity contribution in [2.45, 2.75) is 46.0 Å². The Bertz CT molecular complexity index is 139. The van der Waals surface area contributed by atoms with Gasteiger partial charge in [0.15, 0.2) is 0 Å². The predicted molar refractivity (Wildman–Crippen MR) is 60.8 cm³/mol. The van der Waals surface area contributed by atoms with Crippen molar-refractivity contribution in [3.8, 4) is 0 Å². The molecular formula is C11H24P+. The van der Waals surface area contributed by atoms with Gasteiger partial charge in [-0.25, -0.2) is 0 Å². The van der Waals surface area contributed by atoms with Crippen LogP contribution in [-0.4, -0.2) is 24.6 Å². The number of rotatable bonds is 3. The van der Waals surface area contributed by atoms with Crippen molar-refractivity contribution in [3.63, 3.8) is 0 Å². The molecule has 1 unspecified atom stereocenters. The van der Waals surface area contributed by atoms with Crippen molar-refractivity contribution in [1.29, 1.82) is 0 Å². The van der Waals surface area contributed by atoms with Crippen LogP contribution in [0.3, 0.4) is 0 Å². The number of hydrogen-bond donors (Lipinski definition) is 0. The molecule has 1 atom stereocenters. The van der Waals surface area contributed by atoms with Gasteiger partial charge in [0.1, 0.15) is 0 Å². The Balaban J connectivity index is 2.64. The molecule has 0 amide bonds. The van der Waals surface area contributed by atoms with Crippen LogP contribution in [-0.2, 0) is 0 Å². The van der Waals surface area contributed by atoms with Gasteiger partial charge in [0.2, 0.25) is 0 Å². The SMILES string of the molecule is [2H]C(CC)[P+]1(CC)CCCCCC1. The summed E-state index contributed by atoms with van der Waals surface area (Å²) in [6.07, 6.45) is 11.2. The molecule has 1 aliphatic rings. The Morgan fingerprint density at radius 1 is 1.08 bits per heavy atom. The molecule has 0 aromatic heterocycles. The van der Waals surface area contributed by atoms with Crippen molar-refractivity contribution < 1.29 is 1.37 Å². The van der Waals surface area contributed by atoms with Crippen molar-refractivity contribution in [2.75, 3.05) is 24.6 Å². The highest BCUT2D eigenvalue weighted by Gasteiger charge is 2.34. The summed E-state index contributed by atoms with van der Waals surface area (Å²) >= 11 is 0. The van der Waals surface area contributed by atoms with Gasteiger partial charge < -0.3 is 0 Å². The number of hydrogen-bond acceptors (Lipinski definition) is 0. The highest BCUT2D eigenvalue weighted by atomic mass is 31.2. The van der Waals surface area contributed by atoms with Crippen LogP contribution in [0.4, 0.5) is 0 Å². The molecule has 1 heterocycles. The third-order valence-electron chi connectivity index (χ3n) is 3.16. The van der Waals surface area contributed by atoms with Gasteiger partial charge in [0, 0.05) is 7.26 Å². The van der Waals surface area contributed by atoms with Crippen LogP contribution >= 0.6 is 7.26 Å². The third kappa shape index (κ3) is 2.73. The van der Waals surface area contributed by atoms with Crippen LogP contribution in [0.15, 0.2) is 0 Å². The van der Waals surface area contributed by atoms with Gasteiger partial charge >= 0.3 is 0 Å². The maximum Gasteiger partial charge on any atom is 0.0708 e. The van der Waals surface area contributed by atoms with Crippen LogP contribution < -0.4 is 0 Å². The zero-order valence-electron chi connectivity index (χ0n) is 9.68. The minimum atomic E-state index is -0.839. The standard InChI is InChI=1S/C11H24P/c1-3-9-12(4-2)10-7-5-6-8-11-12/h3-11H2,1-2H3/q+1/i9D. The minimum absolute atomic E-state index is 0.301. The molecule has 1 rings (SSSR count). The van der Waals surface area contributed by atoms with E-state index in [1.54, 1.807) is 0 Å². The summed E-state index contributed by atoms with van der Waals surface area (Å²) in [5.41, 5.74) is 0. The van der Waals surface area contributed by atoms with E-state index in [9.17, 15) is 0 Å². The molecule has 0 spiro atoms. The molecule has 1 aliphatic heterocycles. The predicted octanol–water partition coefficient (Wildman–Crippen LogP) is 4.01. The van der Waals surface area contributed by atoms with Gasteiger partial charge in [0.05, 0.1) is 26.0 Å². The average Bonchev–Trinajstić information content (AvgIpc) is 2.42. The summed E-state index contributed by atoms with van der Waals surface area (Å²) < 4.78 is 8.21. The van der Waals surface area contributed by atoms with Gasteiger partial charge in [-0.1, -0.05) is 6.92 Å². The molecular weight excluding hydrogens is 163 g/mol. The van der Waals surface area contributed by atoms with Gasteiger partial charge in [0.25, 0.3) is 0 Å². The first-order chi connectivity index (χ1) is 6.25. The lowest BCUT2D eigenvalue weighted by molar-refractivity contribution is 0.726. The molecule has 0 aliphatic carbocycles. The topological polar surface area (TPSA) is 0 Å². The second-order valence-corrected chi connectivity index (χ2v) is 8.32. The molecule has 0 radical (unpaired) electrons. The molecule has 0 saturated carbocycles. The Labute approximate surface area is 79.9 Å². The molecule has 0 aromatic carbocycles. The van der Waals surface area contributed by atoms with Crippen molar-refractivity contribution >= 4 is 7.26 Å². The first-order valence-corrected chi connectivity index (χ1v) is 7.94. The van der Waals surface area contributed by atoms with Crippen LogP contribution in [0.2, 0.25) is 0 Å². The summed E-state index contributed by atoms with van der Waals surface area (Å²) in [5.74, 6) is 0. The highest BCUT2D eigenvalue weighted by Crippen LogP contribution is 2.61. The maximum atomic E-state index is 8.21. The summed E-state index contributed by atoms with van der Waals surface area (Å²) in [6, 6.07) is 0. The molecule has 1 saturated heterocycles. The van der Waals surface area contributed by atoms with E-state index in [2.05, 4.69) is 13.8 Å². The summed E-state index contributed by atoms with van der Waals surface area (Å²) in [6.45, 7) is 4.52.